The summed E-state index contributed by atoms with van der Waals surface area (Å²) in [6.45, 7) is 0. The van der Waals surface area contributed by atoms with E-state index in [0.29, 0.717) is 24.3 Å². The third-order valence-corrected chi connectivity index (χ3v) is 5.34. The van der Waals surface area contributed by atoms with E-state index in [1.165, 1.54) is 0 Å². The quantitative estimate of drug-likeness (QED) is 0.114. The van der Waals surface area contributed by atoms with Gasteiger partial charge in [0.1, 0.15) is 4.90 Å². The number of benzene rings is 3. The Morgan fingerprint density at radius 2 is 0.886 bits per heavy atom. The molecule has 0 radical (unpaired) electrons. The van der Waals surface area contributed by atoms with E-state index in [4.69, 9.17) is 0 Å². The van der Waals surface area contributed by atoms with E-state index in [0.717, 1.165) is 0 Å². The molecule has 35 heavy (non-hydrogen) atoms. The summed E-state index contributed by atoms with van der Waals surface area (Å²) in [6.07, 6.45) is 0. The van der Waals surface area contributed by atoms with Crippen LogP contribution >= 0.6 is 0 Å². The Bertz CT molecular complexity index is 1410. The lowest BCUT2D eigenvalue weighted by molar-refractivity contribution is 0.0716. The first-order valence-corrected chi connectivity index (χ1v) is 9.89. The molecule has 3 aromatic rings. The van der Waals surface area contributed by atoms with Crippen LogP contribution in [0, 0.1) is 58.2 Å². The molecule has 0 fully saturated rings. The lowest BCUT2D eigenvalue weighted by Gasteiger charge is -2.11. The molecule has 0 N–H and O–H groups in total. The van der Waals surface area contributed by atoms with Crippen molar-refractivity contribution in [1.82, 2.24) is 0 Å². The zero-order chi connectivity index (χ0) is 26.4. The zero-order valence-electron chi connectivity index (χ0n) is 16.0. The maximum atomic E-state index is 13.7. The van der Waals surface area contributed by atoms with Crippen molar-refractivity contribution >= 4 is 16.1 Å². The van der Waals surface area contributed by atoms with Crippen molar-refractivity contribution < 1.29 is 66.0 Å². The van der Waals surface area contributed by atoms with Gasteiger partial charge in [-0.25, -0.2) is 31.1 Å². The van der Waals surface area contributed by atoms with Crippen LogP contribution in [0.2, 0.25) is 0 Å². The average molecular weight is 534 g/mol. The van der Waals surface area contributed by atoms with Crippen molar-refractivity contribution in [2.24, 2.45) is 0 Å². The van der Waals surface area contributed by atoms with Crippen LogP contribution in [-0.2, 0) is 10.1 Å². The number of carbonyl (C=O) groups is 1. The molecule has 16 heteroatoms. The predicted molar refractivity (Wildman–Crippen MR) is 91.7 cm³/mol. The first-order chi connectivity index (χ1) is 16.2. The van der Waals surface area contributed by atoms with E-state index in [2.05, 4.69) is 8.92 Å². The topological polar surface area (TPSA) is 69.7 Å². The van der Waals surface area contributed by atoms with Crippen LogP contribution in [-0.4, -0.2) is 14.4 Å². The van der Waals surface area contributed by atoms with Crippen molar-refractivity contribution in [1.29, 1.82) is 0 Å². The number of rotatable bonds is 5. The van der Waals surface area contributed by atoms with Crippen LogP contribution in [0.5, 0.6) is 11.5 Å². The molecule has 0 saturated heterocycles. The largest absolute Gasteiger partial charge is 0.416 e. The molecule has 3 rings (SSSR count). The molecule has 0 atom stereocenters. The number of esters is 1. The molecular formula is C19H4F10O5S. The minimum Gasteiger partial charge on any atom is -0.416 e. The van der Waals surface area contributed by atoms with Gasteiger partial charge in [-0.15, -0.1) is 0 Å². The molecule has 0 heterocycles. The first kappa shape index (κ1) is 25.8. The maximum absolute atomic E-state index is 13.7. The number of hydrogen-bond acceptors (Lipinski definition) is 5. The van der Waals surface area contributed by atoms with Crippen LogP contribution in [0.15, 0.2) is 29.2 Å². The molecule has 0 aliphatic heterocycles. The molecule has 3 aromatic carbocycles. The SMILES string of the molecule is O=C(Oc1c(F)c(F)c(F)c(F)c1F)c1ccc(S(=O)(=O)Oc2c(F)c(F)c(F)c(F)c2F)cc1. The van der Waals surface area contributed by atoms with Crippen molar-refractivity contribution in [3.63, 3.8) is 0 Å². The summed E-state index contributed by atoms with van der Waals surface area (Å²) >= 11 is 0. The lowest BCUT2D eigenvalue weighted by atomic mass is 10.2. The van der Waals surface area contributed by atoms with Crippen LogP contribution in [0.3, 0.4) is 0 Å². The molecule has 0 amide bonds. The second kappa shape index (κ2) is 9.09. The molecule has 0 saturated carbocycles. The Kier molecular flexibility index (Phi) is 6.70. The number of halogens is 10. The van der Waals surface area contributed by atoms with Crippen LogP contribution in [0.1, 0.15) is 10.4 Å². The van der Waals surface area contributed by atoms with Crippen molar-refractivity contribution in [2.45, 2.75) is 4.90 Å². The van der Waals surface area contributed by atoms with Gasteiger partial charge in [-0.1, -0.05) is 0 Å². The smallest absolute Gasteiger partial charge is 0.343 e. The number of ether oxygens (including phenoxy) is 1. The third-order valence-electron chi connectivity index (χ3n) is 4.11. The number of carbonyl (C=O) groups excluding carboxylic acids is 1. The van der Waals surface area contributed by atoms with Gasteiger partial charge in [0.05, 0.1) is 5.56 Å². The van der Waals surface area contributed by atoms with Crippen molar-refractivity contribution in [3.8, 4) is 11.5 Å². The standard InChI is InChI=1S/C19H4F10O5S/c20-7-9(22)13(26)17(14(27)10(7)23)33-19(30)5-1-3-6(4-2-5)35(31,32)34-18-15(28)11(24)8(21)12(25)16(18)29/h1-4H. The summed E-state index contributed by atoms with van der Waals surface area (Å²) in [5.74, 6) is -31.0. The summed E-state index contributed by atoms with van der Waals surface area (Å²) < 4.78 is 166. The van der Waals surface area contributed by atoms with E-state index >= 15 is 0 Å². The third kappa shape index (κ3) is 4.48. The highest BCUT2D eigenvalue weighted by atomic mass is 32.2. The Balaban J connectivity index is 1.89. The first-order valence-electron chi connectivity index (χ1n) is 8.48. The second-order valence-electron chi connectivity index (χ2n) is 6.25. The molecule has 0 aliphatic rings. The van der Waals surface area contributed by atoms with Gasteiger partial charge in [-0.3, -0.25) is 0 Å². The summed E-state index contributed by atoms with van der Waals surface area (Å²) in [6, 6.07) is 2.03. The van der Waals surface area contributed by atoms with E-state index in [1.54, 1.807) is 0 Å². The van der Waals surface area contributed by atoms with Gasteiger partial charge in [0.25, 0.3) is 0 Å². The molecule has 0 unspecified atom stereocenters. The van der Waals surface area contributed by atoms with E-state index < -0.39 is 96.2 Å². The van der Waals surface area contributed by atoms with Crippen LogP contribution in [0.4, 0.5) is 43.9 Å². The molecule has 0 bridgehead atoms. The van der Waals surface area contributed by atoms with Gasteiger partial charge in [0.15, 0.2) is 0 Å². The summed E-state index contributed by atoms with van der Waals surface area (Å²) in [4.78, 5) is 11.0. The fourth-order valence-electron chi connectivity index (χ4n) is 2.40. The van der Waals surface area contributed by atoms with Gasteiger partial charge >= 0.3 is 16.1 Å². The van der Waals surface area contributed by atoms with E-state index in [1.807, 2.05) is 0 Å². The fraction of sp³-hybridized carbons (Fsp3) is 0. The Hall–Kier alpha value is -3.82. The van der Waals surface area contributed by atoms with E-state index in [9.17, 15) is 57.1 Å². The molecule has 186 valence electrons. The highest BCUT2D eigenvalue weighted by molar-refractivity contribution is 7.87. The Morgan fingerprint density at radius 3 is 1.29 bits per heavy atom. The fourth-order valence-corrected chi connectivity index (χ4v) is 3.33. The van der Waals surface area contributed by atoms with Crippen molar-refractivity contribution in [2.75, 3.05) is 0 Å². The molecule has 5 nitrogen and oxygen atoms in total. The summed E-state index contributed by atoms with van der Waals surface area (Å²) in [5, 5.41) is 0. The monoisotopic (exact) mass is 534 g/mol. The Labute approximate surface area is 187 Å². The minimum atomic E-state index is -5.28. The van der Waals surface area contributed by atoms with Gasteiger partial charge in [-0.2, -0.15) is 26.0 Å². The van der Waals surface area contributed by atoms with Crippen LogP contribution in [0.25, 0.3) is 0 Å². The normalized spacial score (nSPS) is 11.5. The number of hydrogen-bond donors (Lipinski definition) is 0. The molecule has 0 spiro atoms. The van der Waals surface area contributed by atoms with Gasteiger partial charge in [0.2, 0.25) is 69.7 Å². The molecular weight excluding hydrogens is 530 g/mol. The highest BCUT2D eigenvalue weighted by Gasteiger charge is 2.32. The Morgan fingerprint density at radius 1 is 0.543 bits per heavy atom. The summed E-state index contributed by atoms with van der Waals surface area (Å²) in [7, 11) is -5.28. The van der Waals surface area contributed by atoms with Crippen molar-refractivity contribution in [3.05, 3.63) is 88.0 Å². The van der Waals surface area contributed by atoms with Crippen LogP contribution < -0.4 is 8.92 Å². The molecule has 0 aromatic heterocycles. The second-order valence-corrected chi connectivity index (χ2v) is 7.80. The molecule has 0 aliphatic carbocycles. The average Bonchev–Trinajstić information content (AvgIpc) is 2.84. The van der Waals surface area contributed by atoms with Gasteiger partial charge < -0.3 is 8.92 Å². The van der Waals surface area contributed by atoms with Gasteiger partial charge in [-0.05, 0) is 24.3 Å². The lowest BCUT2D eigenvalue weighted by Crippen LogP contribution is -2.16. The van der Waals surface area contributed by atoms with Gasteiger partial charge in [0, 0.05) is 0 Å². The van der Waals surface area contributed by atoms with E-state index in [-0.39, 0.29) is 0 Å². The zero-order valence-corrected chi connectivity index (χ0v) is 16.9. The predicted octanol–water partition coefficient (Wildman–Crippen LogP) is 5.06. The highest BCUT2D eigenvalue weighted by Crippen LogP contribution is 2.32. The summed E-state index contributed by atoms with van der Waals surface area (Å²) in [5.41, 5.74) is -0.732. The minimum absolute atomic E-state index is 0.469. The maximum Gasteiger partial charge on any atom is 0.343 e.